The third-order valence-electron chi connectivity index (χ3n) is 5.45. The molecule has 0 saturated heterocycles. The third kappa shape index (κ3) is 12.3. The van der Waals surface area contributed by atoms with Crippen LogP contribution in [0, 0.1) is 0 Å². The molecule has 35 heavy (non-hydrogen) atoms. The van der Waals surface area contributed by atoms with E-state index < -0.39 is 11.8 Å². The largest absolute Gasteiger partial charge is 0.506 e. The molecule has 0 fully saturated rings. The first-order chi connectivity index (χ1) is 17.0. The van der Waals surface area contributed by atoms with Gasteiger partial charge in [-0.05, 0) is 25.0 Å². The maximum absolute atomic E-state index is 12.7. The molecule has 0 heterocycles. The Morgan fingerprint density at radius 1 is 0.743 bits per heavy atom. The first-order valence-corrected chi connectivity index (χ1v) is 12.7. The van der Waals surface area contributed by atoms with Gasteiger partial charge in [-0.2, -0.15) is 0 Å². The fourth-order valence-electron chi connectivity index (χ4n) is 3.50. The number of phenols is 1. The summed E-state index contributed by atoms with van der Waals surface area (Å²) < 4.78 is 0. The van der Waals surface area contributed by atoms with Crippen LogP contribution in [0.2, 0.25) is 0 Å². The molecule has 0 aliphatic heterocycles. The lowest BCUT2D eigenvalue weighted by atomic mass is 10.1. The molecule has 200 valence electrons. The second-order valence-corrected chi connectivity index (χ2v) is 8.33. The monoisotopic (exact) mass is 494 g/mol. The highest BCUT2D eigenvalue weighted by Gasteiger charge is 2.18. The predicted molar refractivity (Wildman–Crippen MR) is 140 cm³/mol. The number of carbonyl (C=O) groups excluding carboxylic acids is 2. The second kappa shape index (κ2) is 19.0. The van der Waals surface area contributed by atoms with Crippen molar-refractivity contribution in [3.63, 3.8) is 0 Å². The van der Waals surface area contributed by atoms with Gasteiger partial charge in [-0.1, -0.05) is 19.9 Å². The lowest BCUT2D eigenvalue weighted by Gasteiger charge is -2.27. The van der Waals surface area contributed by atoms with Crippen molar-refractivity contribution < 1.29 is 14.7 Å². The van der Waals surface area contributed by atoms with Crippen LogP contribution in [0.25, 0.3) is 0 Å². The van der Waals surface area contributed by atoms with Crippen LogP contribution >= 0.6 is 0 Å². The Balaban J connectivity index is 2.56. The topological polar surface area (TPSA) is 161 Å². The summed E-state index contributed by atoms with van der Waals surface area (Å²) in [6, 6.07) is 4.60. The van der Waals surface area contributed by atoms with Crippen molar-refractivity contribution in [1.82, 2.24) is 31.3 Å². The number of amides is 2. The number of nitrogens with one attached hydrogen (secondary N) is 4. The number of nitrogens with zero attached hydrogens (tertiary/aromatic N) is 2. The molecular weight excluding hydrogens is 448 g/mol. The molecule has 1 rings (SSSR count). The van der Waals surface area contributed by atoms with E-state index in [1.54, 1.807) is 6.07 Å². The summed E-state index contributed by atoms with van der Waals surface area (Å²) in [7, 11) is 0. The number of phenolic OH excluding ortho intramolecular Hbond substituents is 1. The van der Waals surface area contributed by atoms with E-state index in [9.17, 15) is 14.7 Å². The first kappa shape index (κ1) is 30.8. The zero-order chi connectivity index (χ0) is 25.9. The Morgan fingerprint density at radius 3 is 1.74 bits per heavy atom. The quantitative estimate of drug-likeness (QED) is 0.0917. The van der Waals surface area contributed by atoms with Crippen LogP contribution in [0.1, 0.15) is 47.4 Å². The molecule has 0 saturated carbocycles. The van der Waals surface area contributed by atoms with E-state index in [0.29, 0.717) is 39.3 Å². The zero-order valence-corrected chi connectivity index (χ0v) is 21.4. The van der Waals surface area contributed by atoms with Crippen molar-refractivity contribution in [3.8, 4) is 5.75 Å². The summed E-state index contributed by atoms with van der Waals surface area (Å²) in [4.78, 5) is 29.4. The van der Waals surface area contributed by atoms with Crippen LogP contribution in [0.4, 0.5) is 0 Å². The first-order valence-electron chi connectivity index (χ1n) is 12.7. The Kier molecular flexibility index (Phi) is 16.7. The molecule has 0 spiro atoms. The van der Waals surface area contributed by atoms with Gasteiger partial charge < -0.3 is 27.2 Å². The number of nitrogens with two attached hydrogens (primary N) is 2. The minimum atomic E-state index is -0.421. The molecule has 0 unspecified atom stereocenters. The molecular formula is C24H46N8O3. The van der Waals surface area contributed by atoms with Crippen LogP contribution in [0.5, 0.6) is 5.75 Å². The molecule has 11 nitrogen and oxygen atoms in total. The van der Waals surface area contributed by atoms with Crippen molar-refractivity contribution >= 4 is 11.8 Å². The van der Waals surface area contributed by atoms with Crippen molar-refractivity contribution in [2.45, 2.75) is 26.7 Å². The Hall–Kier alpha value is -2.28. The van der Waals surface area contributed by atoms with Gasteiger partial charge in [-0.3, -0.25) is 30.2 Å². The van der Waals surface area contributed by atoms with Crippen molar-refractivity contribution in [1.29, 1.82) is 0 Å². The number of benzene rings is 1. The smallest absolute Gasteiger partial charge is 0.255 e. The fourth-order valence-corrected chi connectivity index (χ4v) is 3.50. The summed E-state index contributed by atoms with van der Waals surface area (Å²) in [6.45, 7) is 12.5. The Morgan fingerprint density at radius 2 is 1.23 bits per heavy atom. The van der Waals surface area contributed by atoms with E-state index in [4.69, 9.17) is 11.5 Å². The second-order valence-electron chi connectivity index (χ2n) is 8.33. The summed E-state index contributed by atoms with van der Waals surface area (Å²) >= 11 is 0. The normalized spacial score (nSPS) is 11.3. The van der Waals surface area contributed by atoms with Crippen molar-refractivity contribution in [2.75, 3.05) is 78.5 Å². The summed E-state index contributed by atoms with van der Waals surface area (Å²) in [6.07, 6.45) is 1.85. The lowest BCUT2D eigenvalue weighted by Crippen LogP contribution is -2.45. The van der Waals surface area contributed by atoms with E-state index in [0.717, 1.165) is 52.1 Å². The number of carbonyl (C=O) groups is 2. The van der Waals surface area contributed by atoms with Crippen LogP contribution in [0.15, 0.2) is 18.2 Å². The predicted octanol–water partition coefficient (Wildman–Crippen LogP) is -0.713. The third-order valence-corrected chi connectivity index (χ3v) is 5.45. The van der Waals surface area contributed by atoms with E-state index in [1.165, 1.54) is 12.1 Å². The van der Waals surface area contributed by atoms with E-state index in [-0.39, 0.29) is 16.9 Å². The summed E-state index contributed by atoms with van der Waals surface area (Å²) in [5.41, 5.74) is 18.1. The van der Waals surface area contributed by atoms with Crippen molar-refractivity contribution in [3.05, 3.63) is 29.3 Å². The molecule has 11 heteroatoms. The average Bonchev–Trinajstić information content (AvgIpc) is 2.85. The van der Waals surface area contributed by atoms with Crippen LogP contribution < -0.4 is 33.0 Å². The molecule has 1 aromatic carbocycles. The highest BCUT2D eigenvalue weighted by atomic mass is 16.3. The zero-order valence-electron chi connectivity index (χ0n) is 21.4. The molecule has 0 aliphatic carbocycles. The molecule has 9 N–H and O–H groups in total. The Labute approximate surface area is 209 Å². The van der Waals surface area contributed by atoms with Gasteiger partial charge in [-0.15, -0.1) is 0 Å². The van der Waals surface area contributed by atoms with E-state index >= 15 is 0 Å². The van der Waals surface area contributed by atoms with Crippen molar-refractivity contribution in [2.24, 2.45) is 11.5 Å². The van der Waals surface area contributed by atoms with Gasteiger partial charge in [0.1, 0.15) is 5.75 Å². The van der Waals surface area contributed by atoms with E-state index in [2.05, 4.69) is 38.2 Å². The number of hydrogen-bond donors (Lipinski definition) is 7. The lowest BCUT2D eigenvalue weighted by molar-refractivity contribution is 0.0944. The summed E-state index contributed by atoms with van der Waals surface area (Å²) in [5, 5.41) is 16.0. The molecule has 1 aromatic rings. The number of hydrazine groups is 1. The number of aromatic hydroxyl groups is 1. The maximum atomic E-state index is 12.7. The average molecular weight is 495 g/mol. The molecule has 0 aliphatic rings. The number of para-hydroxylation sites is 1. The molecule has 0 atom stereocenters. The molecule has 2 amide bonds. The fraction of sp³-hybridized carbons (Fsp3) is 0.667. The van der Waals surface area contributed by atoms with Gasteiger partial charge >= 0.3 is 0 Å². The van der Waals surface area contributed by atoms with E-state index in [1.807, 2.05) is 6.92 Å². The SMILES string of the molecule is CCCNNCCN(CCN)CCN(CCN)CCNC(=O)c1cccc(C(=O)NCCC)c1O. The van der Waals surface area contributed by atoms with Crippen LogP contribution in [-0.4, -0.2) is 105 Å². The summed E-state index contributed by atoms with van der Waals surface area (Å²) in [5.74, 6) is -1.13. The highest BCUT2D eigenvalue weighted by Crippen LogP contribution is 2.22. The van der Waals surface area contributed by atoms with Gasteiger partial charge in [0.2, 0.25) is 0 Å². The highest BCUT2D eigenvalue weighted by molar-refractivity contribution is 6.03. The number of rotatable bonds is 20. The minimum absolute atomic E-state index is 0.0813. The molecule has 0 bridgehead atoms. The van der Waals surface area contributed by atoms with Gasteiger partial charge in [-0.25, -0.2) is 0 Å². The van der Waals surface area contributed by atoms with Crippen LogP contribution in [-0.2, 0) is 0 Å². The van der Waals surface area contributed by atoms with Gasteiger partial charge in [0.05, 0.1) is 11.1 Å². The number of hydrogen-bond acceptors (Lipinski definition) is 9. The van der Waals surface area contributed by atoms with Gasteiger partial charge in [0.25, 0.3) is 11.8 Å². The standard InChI is InChI=1S/C24H46N8O3/c1-3-10-27-23(34)20-6-5-7-21(22(20)33)24(35)28-12-16-31(14-8-25)18-19-32(15-9-26)17-13-30-29-11-4-2/h5-7,29-30,33H,3-4,8-19,25-26H2,1-2H3,(H,27,34)(H,28,35). The van der Waals surface area contributed by atoms with Gasteiger partial charge in [0, 0.05) is 78.5 Å². The minimum Gasteiger partial charge on any atom is -0.506 e. The molecule has 0 aromatic heterocycles. The molecule has 0 radical (unpaired) electrons. The maximum Gasteiger partial charge on any atom is 0.255 e. The van der Waals surface area contributed by atoms with Gasteiger partial charge in [0.15, 0.2) is 0 Å². The Bertz CT molecular complexity index is 735. The van der Waals surface area contributed by atoms with Crippen LogP contribution in [0.3, 0.4) is 0 Å².